The summed E-state index contributed by atoms with van der Waals surface area (Å²) < 4.78 is 0. The molecule has 2 N–H and O–H groups in total. The Balaban J connectivity index is 1.72. The van der Waals surface area contributed by atoms with Crippen molar-refractivity contribution in [1.29, 1.82) is 0 Å². The molecule has 1 aliphatic rings. The zero-order chi connectivity index (χ0) is 12.1. The van der Waals surface area contributed by atoms with Gasteiger partial charge in [-0.15, -0.1) is 0 Å². The standard InChI is InChI=1S/C14H19NO2/c16-13(12-7-2-1-3-8-12)10-15-14(17)9-11-5-4-6-11/h1-3,7-8,11,13,16H,4-6,9-10H2,(H,15,17). The summed E-state index contributed by atoms with van der Waals surface area (Å²) in [5, 5.41) is 12.7. The molecule has 0 heterocycles. The molecular weight excluding hydrogens is 214 g/mol. The van der Waals surface area contributed by atoms with Gasteiger partial charge in [0.2, 0.25) is 5.91 Å². The van der Waals surface area contributed by atoms with Gasteiger partial charge in [0.15, 0.2) is 0 Å². The highest BCUT2D eigenvalue weighted by molar-refractivity contribution is 5.76. The van der Waals surface area contributed by atoms with E-state index in [9.17, 15) is 9.90 Å². The zero-order valence-corrected chi connectivity index (χ0v) is 9.93. The number of carbonyl (C=O) groups is 1. The van der Waals surface area contributed by atoms with Crippen molar-refractivity contribution in [1.82, 2.24) is 5.32 Å². The Morgan fingerprint density at radius 3 is 2.65 bits per heavy atom. The molecule has 2 rings (SSSR count). The van der Waals surface area contributed by atoms with Crippen molar-refractivity contribution >= 4 is 5.91 Å². The summed E-state index contributed by atoms with van der Waals surface area (Å²) in [6.07, 6.45) is 3.61. The minimum Gasteiger partial charge on any atom is -0.387 e. The number of hydrogen-bond donors (Lipinski definition) is 2. The lowest BCUT2D eigenvalue weighted by molar-refractivity contribution is -0.123. The lowest BCUT2D eigenvalue weighted by Gasteiger charge is -2.24. The maximum Gasteiger partial charge on any atom is 0.220 e. The minimum absolute atomic E-state index is 0.0599. The maximum absolute atomic E-state index is 11.6. The van der Waals surface area contributed by atoms with Crippen molar-refractivity contribution in [3.63, 3.8) is 0 Å². The highest BCUT2D eigenvalue weighted by atomic mass is 16.3. The van der Waals surface area contributed by atoms with Crippen molar-refractivity contribution in [2.24, 2.45) is 5.92 Å². The number of carbonyl (C=O) groups excluding carboxylic acids is 1. The van der Waals surface area contributed by atoms with E-state index in [-0.39, 0.29) is 5.91 Å². The summed E-state index contributed by atoms with van der Waals surface area (Å²) >= 11 is 0. The topological polar surface area (TPSA) is 49.3 Å². The average molecular weight is 233 g/mol. The third-order valence-electron chi connectivity index (χ3n) is 3.38. The van der Waals surface area contributed by atoms with Crippen LogP contribution in [0.1, 0.15) is 37.4 Å². The summed E-state index contributed by atoms with van der Waals surface area (Å²) in [4.78, 5) is 11.6. The van der Waals surface area contributed by atoms with Gasteiger partial charge in [0.25, 0.3) is 0 Å². The van der Waals surface area contributed by atoms with Crippen LogP contribution in [0.15, 0.2) is 30.3 Å². The Bertz CT molecular complexity index is 360. The molecule has 1 aromatic carbocycles. The van der Waals surface area contributed by atoms with Gasteiger partial charge in [-0.3, -0.25) is 4.79 Å². The maximum atomic E-state index is 11.6. The van der Waals surface area contributed by atoms with E-state index in [2.05, 4.69) is 5.32 Å². The molecular formula is C14H19NO2. The highest BCUT2D eigenvalue weighted by Crippen LogP contribution is 2.29. The van der Waals surface area contributed by atoms with Crippen LogP contribution in [-0.2, 0) is 4.79 Å². The van der Waals surface area contributed by atoms with E-state index in [1.165, 1.54) is 19.3 Å². The number of rotatable bonds is 5. The Labute approximate surface area is 102 Å². The van der Waals surface area contributed by atoms with Crippen LogP contribution in [0.2, 0.25) is 0 Å². The van der Waals surface area contributed by atoms with E-state index in [1.807, 2.05) is 30.3 Å². The third-order valence-corrected chi connectivity index (χ3v) is 3.38. The van der Waals surface area contributed by atoms with Crippen LogP contribution in [0.25, 0.3) is 0 Å². The van der Waals surface area contributed by atoms with Crippen LogP contribution in [0.4, 0.5) is 0 Å². The van der Waals surface area contributed by atoms with E-state index in [1.54, 1.807) is 0 Å². The molecule has 3 heteroatoms. The molecule has 0 aliphatic heterocycles. The molecule has 1 aromatic rings. The van der Waals surface area contributed by atoms with Crippen molar-refractivity contribution in [2.45, 2.75) is 31.8 Å². The normalized spacial score (nSPS) is 17.2. The fourth-order valence-electron chi connectivity index (χ4n) is 2.03. The van der Waals surface area contributed by atoms with Gasteiger partial charge in [-0.1, -0.05) is 36.8 Å². The predicted octanol–water partition coefficient (Wildman–Crippen LogP) is 2.03. The number of hydrogen-bond acceptors (Lipinski definition) is 2. The summed E-state index contributed by atoms with van der Waals surface area (Å²) in [6.45, 7) is 0.301. The SMILES string of the molecule is O=C(CC1CCC1)NCC(O)c1ccccc1. The van der Waals surface area contributed by atoms with Gasteiger partial charge in [-0.2, -0.15) is 0 Å². The molecule has 17 heavy (non-hydrogen) atoms. The first-order chi connectivity index (χ1) is 8.25. The van der Waals surface area contributed by atoms with Gasteiger partial charge in [0, 0.05) is 13.0 Å². The Hall–Kier alpha value is -1.35. The number of aliphatic hydroxyl groups excluding tert-OH is 1. The summed E-state index contributed by atoms with van der Waals surface area (Å²) in [6, 6.07) is 9.40. The average Bonchev–Trinajstić information content (AvgIpc) is 2.32. The molecule has 0 aromatic heterocycles. The van der Waals surface area contributed by atoms with Crippen LogP contribution >= 0.6 is 0 Å². The molecule has 1 amide bonds. The number of aliphatic hydroxyl groups is 1. The van der Waals surface area contributed by atoms with Gasteiger partial charge in [-0.25, -0.2) is 0 Å². The van der Waals surface area contributed by atoms with E-state index in [0.29, 0.717) is 18.9 Å². The lowest BCUT2D eigenvalue weighted by atomic mass is 9.83. The first-order valence-corrected chi connectivity index (χ1v) is 6.25. The van der Waals surface area contributed by atoms with E-state index in [0.717, 1.165) is 5.56 Å². The quantitative estimate of drug-likeness (QED) is 0.817. The van der Waals surface area contributed by atoms with Crippen LogP contribution in [0.5, 0.6) is 0 Å². The Morgan fingerprint density at radius 1 is 1.35 bits per heavy atom. The second kappa shape index (κ2) is 5.82. The van der Waals surface area contributed by atoms with E-state index in [4.69, 9.17) is 0 Å². The van der Waals surface area contributed by atoms with E-state index < -0.39 is 6.10 Å². The zero-order valence-electron chi connectivity index (χ0n) is 9.93. The smallest absolute Gasteiger partial charge is 0.220 e. The minimum atomic E-state index is -0.610. The Kier molecular flexibility index (Phi) is 4.15. The molecule has 1 saturated carbocycles. The molecule has 0 radical (unpaired) electrons. The molecule has 1 unspecified atom stereocenters. The Morgan fingerprint density at radius 2 is 2.06 bits per heavy atom. The molecule has 92 valence electrons. The largest absolute Gasteiger partial charge is 0.387 e. The lowest BCUT2D eigenvalue weighted by Crippen LogP contribution is -2.31. The van der Waals surface area contributed by atoms with E-state index >= 15 is 0 Å². The van der Waals surface area contributed by atoms with Gasteiger partial charge in [0.1, 0.15) is 0 Å². The van der Waals surface area contributed by atoms with Crippen LogP contribution in [0.3, 0.4) is 0 Å². The number of nitrogens with one attached hydrogen (secondary N) is 1. The number of amides is 1. The fourth-order valence-corrected chi connectivity index (χ4v) is 2.03. The molecule has 3 nitrogen and oxygen atoms in total. The molecule has 1 atom stereocenters. The van der Waals surface area contributed by atoms with Crippen molar-refractivity contribution in [3.05, 3.63) is 35.9 Å². The van der Waals surface area contributed by atoms with Crippen molar-refractivity contribution in [3.8, 4) is 0 Å². The van der Waals surface area contributed by atoms with Crippen LogP contribution in [0, 0.1) is 5.92 Å². The first-order valence-electron chi connectivity index (χ1n) is 6.25. The second-order valence-corrected chi connectivity index (χ2v) is 4.73. The molecule has 1 aliphatic carbocycles. The van der Waals surface area contributed by atoms with Crippen LogP contribution in [-0.4, -0.2) is 17.6 Å². The number of benzene rings is 1. The summed E-state index contributed by atoms with van der Waals surface area (Å²) in [5.41, 5.74) is 0.844. The second-order valence-electron chi connectivity index (χ2n) is 4.73. The summed E-state index contributed by atoms with van der Waals surface area (Å²) in [5.74, 6) is 0.633. The first kappa shape index (κ1) is 12.1. The third kappa shape index (κ3) is 3.56. The van der Waals surface area contributed by atoms with Gasteiger partial charge in [0.05, 0.1) is 6.10 Å². The van der Waals surface area contributed by atoms with Gasteiger partial charge >= 0.3 is 0 Å². The van der Waals surface area contributed by atoms with Crippen molar-refractivity contribution in [2.75, 3.05) is 6.54 Å². The molecule has 0 bridgehead atoms. The molecule has 1 fully saturated rings. The highest BCUT2D eigenvalue weighted by Gasteiger charge is 2.20. The fraction of sp³-hybridized carbons (Fsp3) is 0.500. The predicted molar refractivity (Wildman–Crippen MR) is 66.4 cm³/mol. The monoisotopic (exact) mass is 233 g/mol. The van der Waals surface area contributed by atoms with Gasteiger partial charge in [-0.05, 0) is 24.3 Å². The molecule has 0 saturated heterocycles. The summed E-state index contributed by atoms with van der Waals surface area (Å²) in [7, 11) is 0. The van der Waals surface area contributed by atoms with Gasteiger partial charge < -0.3 is 10.4 Å². The van der Waals surface area contributed by atoms with Crippen LogP contribution < -0.4 is 5.32 Å². The van der Waals surface area contributed by atoms with Crippen molar-refractivity contribution < 1.29 is 9.90 Å². The molecule has 0 spiro atoms.